The molecule has 0 saturated carbocycles. The van der Waals surface area contributed by atoms with Crippen molar-refractivity contribution in [3.05, 3.63) is 61.6 Å². The van der Waals surface area contributed by atoms with E-state index in [9.17, 15) is 14.3 Å². The summed E-state index contributed by atoms with van der Waals surface area (Å²) < 4.78 is 26.0. The van der Waals surface area contributed by atoms with Crippen LogP contribution in [0, 0.1) is 9.77 Å². The van der Waals surface area contributed by atoms with E-state index in [1.165, 1.54) is 37.0 Å². The van der Waals surface area contributed by atoms with Crippen molar-refractivity contribution in [3.8, 4) is 23.1 Å². The summed E-state index contributed by atoms with van der Waals surface area (Å²) in [5, 5.41) is 11.6. The summed E-state index contributed by atoms with van der Waals surface area (Å²) in [6, 6.07) is 8.91. The second-order valence-electron chi connectivity index (χ2n) is 5.85. The maximum absolute atomic E-state index is 13.7. The Bertz CT molecular complexity index is 1310. The molecule has 4 rings (SSSR count). The van der Waals surface area contributed by atoms with Gasteiger partial charge in [-0.1, -0.05) is 0 Å². The fourth-order valence-electron chi connectivity index (χ4n) is 3.02. The van der Waals surface area contributed by atoms with Gasteiger partial charge in [0.05, 0.1) is 30.8 Å². The Kier molecular flexibility index (Phi) is 4.48. The highest BCUT2D eigenvalue weighted by molar-refractivity contribution is 7.73. The SMILES string of the molecule is COc1ccc(-n2c(O)c(C3=c4cc(F)ccc4=NC3=O)sc2=S)c(OC)c1. The highest BCUT2D eigenvalue weighted by Gasteiger charge is 2.26. The standard InChI is InChI=1S/C19H13FN2O4S2/c1-25-10-4-6-13(14(8-10)26-2)22-18(24)16(28-19(22)27)15-11-7-9(20)3-5-12(11)21-17(15)23/h3-8,24H,1-2H3. The van der Waals surface area contributed by atoms with Crippen molar-refractivity contribution in [3.63, 3.8) is 0 Å². The quantitative estimate of drug-likeness (QED) is 0.662. The number of nitrogens with zero attached hydrogens (tertiary/aromatic N) is 2. The smallest absolute Gasteiger partial charge is 0.279 e. The number of fused-ring (bicyclic) bond motifs is 1. The lowest BCUT2D eigenvalue weighted by molar-refractivity contribution is -0.112. The third kappa shape index (κ3) is 2.79. The summed E-state index contributed by atoms with van der Waals surface area (Å²) in [6.45, 7) is 0. The Morgan fingerprint density at radius 2 is 1.96 bits per heavy atom. The van der Waals surface area contributed by atoms with Crippen molar-refractivity contribution in [2.75, 3.05) is 14.2 Å². The molecule has 0 unspecified atom stereocenters. The van der Waals surface area contributed by atoms with Crippen molar-refractivity contribution in [1.82, 2.24) is 4.57 Å². The summed E-state index contributed by atoms with van der Waals surface area (Å²) in [5.41, 5.74) is 0.602. The average molecular weight is 416 g/mol. The average Bonchev–Trinajstić information content (AvgIpc) is 3.15. The minimum absolute atomic E-state index is 0.120. The van der Waals surface area contributed by atoms with Crippen molar-refractivity contribution in [2.45, 2.75) is 0 Å². The molecule has 0 atom stereocenters. The van der Waals surface area contributed by atoms with Gasteiger partial charge in [-0.15, -0.1) is 11.3 Å². The zero-order valence-corrected chi connectivity index (χ0v) is 16.4. The molecule has 1 aromatic heterocycles. The second-order valence-corrected chi connectivity index (χ2v) is 7.49. The summed E-state index contributed by atoms with van der Waals surface area (Å²) in [6.07, 6.45) is 0. The van der Waals surface area contributed by atoms with Gasteiger partial charge in [0, 0.05) is 11.3 Å². The number of amides is 1. The van der Waals surface area contributed by atoms with E-state index in [0.29, 0.717) is 31.7 Å². The van der Waals surface area contributed by atoms with Crippen LogP contribution in [-0.4, -0.2) is 29.8 Å². The normalized spacial score (nSPS) is 12.7. The van der Waals surface area contributed by atoms with Crippen molar-refractivity contribution < 1.29 is 23.8 Å². The lowest BCUT2D eigenvalue weighted by Gasteiger charge is -2.12. The van der Waals surface area contributed by atoms with Crippen LogP contribution in [0.3, 0.4) is 0 Å². The first-order valence-corrected chi connectivity index (χ1v) is 9.27. The number of rotatable bonds is 4. The Balaban J connectivity index is 1.98. The zero-order chi connectivity index (χ0) is 20.0. The molecule has 142 valence electrons. The maximum atomic E-state index is 13.7. The lowest BCUT2D eigenvalue weighted by atomic mass is 10.1. The fourth-order valence-corrected chi connectivity index (χ4v) is 4.38. The molecule has 0 aliphatic carbocycles. The molecule has 3 aromatic rings. The number of ether oxygens (including phenoxy) is 2. The number of hydrogen-bond acceptors (Lipinski definition) is 6. The molecule has 1 aliphatic rings. The number of carbonyl (C=O) groups excluding carboxylic acids is 1. The van der Waals surface area contributed by atoms with Gasteiger partial charge in [0.25, 0.3) is 5.91 Å². The van der Waals surface area contributed by atoms with Crippen LogP contribution in [0.4, 0.5) is 4.39 Å². The second kappa shape index (κ2) is 6.84. The third-order valence-electron chi connectivity index (χ3n) is 4.31. The molecule has 6 nitrogen and oxygen atoms in total. The molecule has 1 aliphatic heterocycles. The van der Waals surface area contributed by atoms with Crippen LogP contribution in [0.2, 0.25) is 0 Å². The van der Waals surface area contributed by atoms with E-state index in [2.05, 4.69) is 4.99 Å². The van der Waals surface area contributed by atoms with E-state index in [0.717, 1.165) is 11.3 Å². The molecular weight excluding hydrogens is 403 g/mol. The van der Waals surface area contributed by atoms with E-state index < -0.39 is 11.7 Å². The maximum Gasteiger partial charge on any atom is 0.279 e. The molecule has 28 heavy (non-hydrogen) atoms. The predicted octanol–water partition coefficient (Wildman–Crippen LogP) is 2.49. The van der Waals surface area contributed by atoms with Gasteiger partial charge in [-0.3, -0.25) is 9.36 Å². The fraction of sp³-hybridized carbons (Fsp3) is 0.105. The Hall–Kier alpha value is -3.04. The lowest BCUT2D eigenvalue weighted by Crippen LogP contribution is -2.23. The molecule has 9 heteroatoms. The molecule has 2 heterocycles. The molecule has 1 amide bonds. The molecule has 0 bridgehead atoms. The summed E-state index contributed by atoms with van der Waals surface area (Å²) in [5.74, 6) is -0.296. The summed E-state index contributed by atoms with van der Waals surface area (Å²) >= 11 is 6.45. The first-order valence-electron chi connectivity index (χ1n) is 8.05. The van der Waals surface area contributed by atoms with Gasteiger partial charge in [-0.05, 0) is 42.5 Å². The highest BCUT2D eigenvalue weighted by atomic mass is 32.1. The topological polar surface area (TPSA) is 73.0 Å². The zero-order valence-electron chi connectivity index (χ0n) is 14.7. The monoisotopic (exact) mass is 416 g/mol. The number of halogens is 1. The van der Waals surface area contributed by atoms with Crippen LogP contribution in [0.25, 0.3) is 11.3 Å². The van der Waals surface area contributed by atoms with Crippen LogP contribution in [-0.2, 0) is 4.79 Å². The molecule has 1 N–H and O–H groups in total. The van der Waals surface area contributed by atoms with Crippen LogP contribution in [0.1, 0.15) is 4.88 Å². The first kappa shape index (κ1) is 18.3. The predicted molar refractivity (Wildman–Crippen MR) is 104 cm³/mol. The van der Waals surface area contributed by atoms with Crippen molar-refractivity contribution in [1.29, 1.82) is 0 Å². The van der Waals surface area contributed by atoms with Crippen LogP contribution < -0.4 is 20.0 Å². The molecule has 0 fully saturated rings. The number of aromatic hydroxyl groups is 1. The van der Waals surface area contributed by atoms with Crippen LogP contribution in [0.5, 0.6) is 17.4 Å². The minimum Gasteiger partial charge on any atom is -0.497 e. The van der Waals surface area contributed by atoms with Gasteiger partial charge in [-0.2, -0.15) is 0 Å². The summed E-state index contributed by atoms with van der Waals surface area (Å²) in [4.78, 5) is 16.6. The van der Waals surface area contributed by atoms with E-state index in [-0.39, 0.29) is 16.3 Å². The minimum atomic E-state index is -0.555. The Morgan fingerprint density at radius 1 is 1.18 bits per heavy atom. The van der Waals surface area contributed by atoms with Gasteiger partial charge in [0.15, 0.2) is 3.95 Å². The third-order valence-corrected chi connectivity index (χ3v) is 5.69. The summed E-state index contributed by atoms with van der Waals surface area (Å²) in [7, 11) is 3.02. The molecule has 0 saturated heterocycles. The van der Waals surface area contributed by atoms with E-state index in [1.807, 2.05) is 0 Å². The molecule has 2 aromatic carbocycles. The van der Waals surface area contributed by atoms with Crippen LogP contribution >= 0.6 is 23.6 Å². The molecule has 0 radical (unpaired) electrons. The highest BCUT2D eigenvalue weighted by Crippen LogP contribution is 2.38. The van der Waals surface area contributed by atoms with Crippen molar-refractivity contribution >= 4 is 35.0 Å². The van der Waals surface area contributed by atoms with Crippen molar-refractivity contribution in [2.24, 2.45) is 4.99 Å². The molecular formula is C19H13FN2O4S2. The van der Waals surface area contributed by atoms with Gasteiger partial charge in [-0.25, -0.2) is 9.38 Å². The number of thiazole rings is 1. The number of aromatic nitrogens is 1. The van der Waals surface area contributed by atoms with E-state index in [1.54, 1.807) is 18.2 Å². The largest absolute Gasteiger partial charge is 0.497 e. The van der Waals surface area contributed by atoms with Gasteiger partial charge < -0.3 is 14.6 Å². The number of benzene rings is 2. The van der Waals surface area contributed by atoms with Gasteiger partial charge in [0.2, 0.25) is 5.88 Å². The van der Waals surface area contributed by atoms with Crippen LogP contribution in [0.15, 0.2) is 41.4 Å². The Morgan fingerprint density at radius 3 is 2.68 bits per heavy atom. The number of hydrogen-bond donors (Lipinski definition) is 1. The van der Waals surface area contributed by atoms with E-state index in [4.69, 9.17) is 21.7 Å². The first-order chi connectivity index (χ1) is 13.4. The van der Waals surface area contributed by atoms with Gasteiger partial charge in [0.1, 0.15) is 22.2 Å². The number of methoxy groups -OCH3 is 2. The van der Waals surface area contributed by atoms with Gasteiger partial charge >= 0.3 is 0 Å². The Labute approximate surface area is 167 Å². The van der Waals surface area contributed by atoms with E-state index >= 15 is 0 Å². The molecule has 0 spiro atoms. The number of carbonyl (C=O) groups is 1.